The number of hydrogen-bond donors (Lipinski definition) is 1. The second kappa shape index (κ2) is 6.26. The van der Waals surface area contributed by atoms with E-state index in [2.05, 4.69) is 0 Å². The van der Waals surface area contributed by atoms with Gasteiger partial charge in [0, 0.05) is 5.56 Å². The predicted molar refractivity (Wildman–Crippen MR) is 79.8 cm³/mol. The lowest BCUT2D eigenvalue weighted by molar-refractivity contribution is 0.324. The third kappa shape index (κ3) is 2.67. The predicted octanol–water partition coefficient (Wildman–Crippen LogP) is 3.09. The van der Waals surface area contributed by atoms with Gasteiger partial charge in [-0.3, -0.25) is 0 Å². The van der Waals surface area contributed by atoms with Gasteiger partial charge in [0.25, 0.3) is 0 Å². The first-order valence-electron chi connectivity index (χ1n) is 6.32. The third-order valence-electron chi connectivity index (χ3n) is 3.17. The van der Waals surface area contributed by atoms with Crippen LogP contribution in [0, 0.1) is 0 Å². The summed E-state index contributed by atoms with van der Waals surface area (Å²) in [6.07, 6.45) is 0. The van der Waals surface area contributed by atoms with E-state index < -0.39 is 0 Å². The summed E-state index contributed by atoms with van der Waals surface area (Å²) in [5, 5.41) is 9.89. The van der Waals surface area contributed by atoms with E-state index in [1.165, 1.54) is 7.11 Å². The maximum Gasteiger partial charge on any atom is 0.203 e. The summed E-state index contributed by atoms with van der Waals surface area (Å²) in [6.45, 7) is 0. The van der Waals surface area contributed by atoms with Gasteiger partial charge in [-0.2, -0.15) is 0 Å². The highest BCUT2D eigenvalue weighted by atomic mass is 16.5. The zero-order chi connectivity index (χ0) is 15.4. The monoisotopic (exact) mass is 290 g/mol. The van der Waals surface area contributed by atoms with Crippen LogP contribution in [-0.2, 0) is 0 Å². The normalized spacial score (nSPS) is 10.1. The van der Waals surface area contributed by atoms with E-state index >= 15 is 0 Å². The average molecular weight is 290 g/mol. The van der Waals surface area contributed by atoms with Crippen LogP contribution in [0.1, 0.15) is 0 Å². The fourth-order valence-electron chi connectivity index (χ4n) is 2.20. The van der Waals surface area contributed by atoms with Crippen LogP contribution in [0.25, 0.3) is 11.1 Å². The number of rotatable bonds is 5. The Morgan fingerprint density at radius 1 is 0.762 bits per heavy atom. The van der Waals surface area contributed by atoms with Crippen LogP contribution in [0.15, 0.2) is 30.3 Å². The van der Waals surface area contributed by atoms with Gasteiger partial charge < -0.3 is 24.1 Å². The Bertz CT molecular complexity index is 612. The molecule has 0 heterocycles. The van der Waals surface area contributed by atoms with Crippen molar-refractivity contribution in [3.05, 3.63) is 30.3 Å². The molecule has 0 atom stereocenters. The second-order valence-electron chi connectivity index (χ2n) is 4.27. The highest BCUT2D eigenvalue weighted by Crippen LogP contribution is 2.44. The first kappa shape index (κ1) is 14.8. The van der Waals surface area contributed by atoms with Gasteiger partial charge in [-0.05, 0) is 23.8 Å². The topological polar surface area (TPSA) is 57.2 Å². The number of benzene rings is 2. The van der Waals surface area contributed by atoms with Crippen molar-refractivity contribution >= 4 is 0 Å². The lowest BCUT2D eigenvalue weighted by Crippen LogP contribution is -1.96. The summed E-state index contributed by atoms with van der Waals surface area (Å²) in [5.74, 6) is 2.06. The summed E-state index contributed by atoms with van der Waals surface area (Å²) >= 11 is 0. The number of phenols is 1. The van der Waals surface area contributed by atoms with Crippen molar-refractivity contribution in [2.45, 2.75) is 0 Å². The molecule has 0 aliphatic heterocycles. The molecule has 0 bridgehead atoms. The Hall–Kier alpha value is -2.56. The first-order valence-corrected chi connectivity index (χ1v) is 6.32. The van der Waals surface area contributed by atoms with Crippen LogP contribution in [0.3, 0.4) is 0 Å². The van der Waals surface area contributed by atoms with Crippen molar-refractivity contribution < 1.29 is 24.1 Å². The fourth-order valence-corrected chi connectivity index (χ4v) is 2.20. The van der Waals surface area contributed by atoms with E-state index in [0.29, 0.717) is 23.0 Å². The number of hydrogen-bond acceptors (Lipinski definition) is 5. The smallest absolute Gasteiger partial charge is 0.203 e. The summed E-state index contributed by atoms with van der Waals surface area (Å²) < 4.78 is 21.2. The third-order valence-corrected chi connectivity index (χ3v) is 3.17. The van der Waals surface area contributed by atoms with Crippen LogP contribution < -0.4 is 18.9 Å². The molecule has 0 saturated heterocycles. The Balaban J connectivity index is 2.68. The molecule has 2 aromatic carbocycles. The van der Waals surface area contributed by atoms with Crippen molar-refractivity contribution in [2.24, 2.45) is 0 Å². The molecule has 0 saturated carbocycles. The van der Waals surface area contributed by atoms with Crippen LogP contribution in [0.4, 0.5) is 0 Å². The first-order chi connectivity index (χ1) is 10.2. The Morgan fingerprint density at radius 3 is 1.81 bits per heavy atom. The highest BCUT2D eigenvalue weighted by molar-refractivity contribution is 5.77. The quantitative estimate of drug-likeness (QED) is 0.917. The van der Waals surface area contributed by atoms with Gasteiger partial charge in [-0.15, -0.1) is 0 Å². The molecule has 2 rings (SSSR count). The van der Waals surface area contributed by atoms with Gasteiger partial charge in [0.2, 0.25) is 5.75 Å². The average Bonchev–Trinajstić information content (AvgIpc) is 2.52. The zero-order valence-corrected chi connectivity index (χ0v) is 12.5. The van der Waals surface area contributed by atoms with Gasteiger partial charge in [-0.25, -0.2) is 0 Å². The molecule has 2 aromatic rings. The molecule has 5 heteroatoms. The largest absolute Gasteiger partial charge is 0.504 e. The van der Waals surface area contributed by atoms with Gasteiger partial charge in [-0.1, -0.05) is 12.1 Å². The molecule has 0 amide bonds. The summed E-state index contributed by atoms with van der Waals surface area (Å²) in [4.78, 5) is 0. The minimum absolute atomic E-state index is 0.0729. The van der Waals surface area contributed by atoms with Gasteiger partial charge in [0.05, 0.1) is 28.4 Å². The van der Waals surface area contributed by atoms with Crippen LogP contribution >= 0.6 is 0 Å². The van der Waals surface area contributed by atoms with E-state index in [-0.39, 0.29) is 5.75 Å². The molecule has 0 aromatic heterocycles. The minimum atomic E-state index is 0.0729. The number of aromatic hydroxyl groups is 1. The van der Waals surface area contributed by atoms with E-state index in [1.54, 1.807) is 45.6 Å². The molecule has 112 valence electrons. The standard InChI is InChI=1S/C16H18O5/c1-18-13-8-10(9-14(19-2)16(13)21-4)11-6-5-7-12(17)15(11)20-3/h5-9,17H,1-4H3. The van der Waals surface area contributed by atoms with Crippen molar-refractivity contribution in [1.29, 1.82) is 0 Å². The highest BCUT2D eigenvalue weighted by Gasteiger charge is 2.17. The van der Waals surface area contributed by atoms with E-state index in [1.807, 2.05) is 6.07 Å². The van der Waals surface area contributed by atoms with E-state index in [4.69, 9.17) is 18.9 Å². The maximum absolute atomic E-state index is 9.89. The van der Waals surface area contributed by atoms with Gasteiger partial charge in [0.15, 0.2) is 23.0 Å². The minimum Gasteiger partial charge on any atom is -0.504 e. The van der Waals surface area contributed by atoms with Crippen molar-refractivity contribution in [3.63, 3.8) is 0 Å². The van der Waals surface area contributed by atoms with Gasteiger partial charge >= 0.3 is 0 Å². The van der Waals surface area contributed by atoms with Crippen LogP contribution in [-0.4, -0.2) is 33.5 Å². The number of para-hydroxylation sites is 1. The van der Waals surface area contributed by atoms with Crippen molar-refractivity contribution in [1.82, 2.24) is 0 Å². The number of methoxy groups -OCH3 is 4. The van der Waals surface area contributed by atoms with Crippen molar-refractivity contribution in [3.8, 4) is 39.9 Å². The molecule has 0 fully saturated rings. The Kier molecular flexibility index (Phi) is 4.42. The molecule has 5 nitrogen and oxygen atoms in total. The molecule has 0 spiro atoms. The molecule has 0 aliphatic carbocycles. The molecule has 0 radical (unpaired) electrons. The second-order valence-corrected chi connectivity index (χ2v) is 4.27. The van der Waals surface area contributed by atoms with Crippen molar-refractivity contribution in [2.75, 3.05) is 28.4 Å². The summed E-state index contributed by atoms with van der Waals surface area (Å²) in [6, 6.07) is 8.77. The molecule has 0 aliphatic rings. The lowest BCUT2D eigenvalue weighted by Gasteiger charge is -2.16. The zero-order valence-electron chi connectivity index (χ0n) is 12.5. The molecule has 0 unspecified atom stereocenters. The Labute approximate surface area is 123 Å². The number of phenolic OH excluding ortho intramolecular Hbond substituents is 1. The maximum atomic E-state index is 9.89. The van der Waals surface area contributed by atoms with Gasteiger partial charge in [0.1, 0.15) is 0 Å². The lowest BCUT2D eigenvalue weighted by atomic mass is 10.0. The summed E-state index contributed by atoms with van der Waals surface area (Å²) in [7, 11) is 6.17. The number of ether oxygens (including phenoxy) is 4. The molecule has 21 heavy (non-hydrogen) atoms. The van der Waals surface area contributed by atoms with E-state index in [9.17, 15) is 5.11 Å². The summed E-state index contributed by atoms with van der Waals surface area (Å²) in [5.41, 5.74) is 1.52. The Morgan fingerprint density at radius 2 is 1.33 bits per heavy atom. The van der Waals surface area contributed by atoms with E-state index in [0.717, 1.165) is 11.1 Å². The SMILES string of the molecule is COc1cc(-c2cccc(O)c2OC)cc(OC)c1OC. The molecular weight excluding hydrogens is 272 g/mol. The fraction of sp³-hybridized carbons (Fsp3) is 0.250. The van der Waals surface area contributed by atoms with Crippen LogP contribution in [0.5, 0.6) is 28.7 Å². The molecule has 1 N–H and O–H groups in total. The molecular formula is C16H18O5. The van der Waals surface area contributed by atoms with Crippen LogP contribution in [0.2, 0.25) is 0 Å².